The van der Waals surface area contributed by atoms with Crippen LogP contribution in [0.5, 0.6) is 0 Å². The zero-order valence-corrected chi connectivity index (χ0v) is 11.0. The van der Waals surface area contributed by atoms with E-state index in [1.807, 2.05) is 18.7 Å². The normalized spacial score (nSPS) is 17.6. The van der Waals surface area contributed by atoms with Crippen molar-refractivity contribution in [3.05, 3.63) is 18.7 Å². The molecule has 1 aliphatic carbocycles. The molecule has 1 saturated carbocycles. The van der Waals surface area contributed by atoms with Gasteiger partial charge < -0.3 is 9.88 Å². The van der Waals surface area contributed by atoms with Crippen molar-refractivity contribution in [2.75, 3.05) is 20.1 Å². The molecule has 1 aliphatic rings. The van der Waals surface area contributed by atoms with E-state index in [-0.39, 0.29) is 0 Å². The van der Waals surface area contributed by atoms with E-state index >= 15 is 0 Å². The second kappa shape index (κ2) is 6.17. The number of nitrogens with one attached hydrogen (secondary N) is 1. The molecule has 4 nitrogen and oxygen atoms in total. The van der Waals surface area contributed by atoms with Crippen molar-refractivity contribution < 1.29 is 0 Å². The molecule has 1 N–H and O–H groups in total. The molecule has 0 radical (unpaired) electrons. The molecular formula is C13H24N4. The number of aromatic nitrogens is 2. The maximum absolute atomic E-state index is 4.03. The number of hydrogen-bond donors (Lipinski definition) is 1. The van der Waals surface area contributed by atoms with Gasteiger partial charge in [0.1, 0.15) is 0 Å². The largest absolute Gasteiger partial charge is 0.337 e. The highest BCUT2D eigenvalue weighted by Crippen LogP contribution is 2.26. The number of aryl methyl sites for hydroxylation is 1. The first-order valence-electron chi connectivity index (χ1n) is 6.66. The molecule has 1 atom stereocenters. The van der Waals surface area contributed by atoms with E-state index in [4.69, 9.17) is 0 Å². The van der Waals surface area contributed by atoms with Crippen LogP contribution in [0.3, 0.4) is 0 Å². The zero-order valence-electron chi connectivity index (χ0n) is 11.0. The summed E-state index contributed by atoms with van der Waals surface area (Å²) in [6, 6.07) is 1.51. The molecule has 17 heavy (non-hydrogen) atoms. The van der Waals surface area contributed by atoms with Crippen molar-refractivity contribution in [1.29, 1.82) is 0 Å². The molecule has 0 aromatic carbocycles. The molecule has 1 fully saturated rings. The van der Waals surface area contributed by atoms with Crippen molar-refractivity contribution in [2.24, 2.45) is 0 Å². The lowest BCUT2D eigenvalue weighted by atomic mass is 10.3. The van der Waals surface area contributed by atoms with Crippen molar-refractivity contribution >= 4 is 0 Å². The second-order valence-corrected chi connectivity index (χ2v) is 5.10. The van der Waals surface area contributed by atoms with Gasteiger partial charge in [-0.3, -0.25) is 4.90 Å². The van der Waals surface area contributed by atoms with Gasteiger partial charge in [-0.2, -0.15) is 0 Å². The smallest absolute Gasteiger partial charge is 0.0945 e. The van der Waals surface area contributed by atoms with Crippen LogP contribution in [0.4, 0.5) is 0 Å². The van der Waals surface area contributed by atoms with Crippen LogP contribution in [-0.2, 0) is 6.54 Å². The molecule has 96 valence electrons. The molecular weight excluding hydrogens is 212 g/mol. The summed E-state index contributed by atoms with van der Waals surface area (Å²) in [6.45, 7) is 5.54. The summed E-state index contributed by atoms with van der Waals surface area (Å²) in [4.78, 5) is 6.54. The Bertz CT molecular complexity index is 305. The van der Waals surface area contributed by atoms with Crippen LogP contribution < -0.4 is 5.32 Å². The zero-order chi connectivity index (χ0) is 12.1. The van der Waals surface area contributed by atoms with E-state index in [1.54, 1.807) is 0 Å². The second-order valence-electron chi connectivity index (χ2n) is 5.10. The molecule has 0 spiro atoms. The Kier molecular flexibility index (Phi) is 4.57. The van der Waals surface area contributed by atoms with Crippen LogP contribution in [-0.4, -0.2) is 46.7 Å². The Morgan fingerprint density at radius 1 is 1.53 bits per heavy atom. The van der Waals surface area contributed by atoms with Crippen LogP contribution in [0.15, 0.2) is 18.7 Å². The standard InChI is InChI=1S/C13H24N4/c1-12(16(2)13-4-5-13)10-14-6-3-8-17-9-7-15-11-17/h7,9,11-14H,3-6,8,10H2,1-2H3. The summed E-state index contributed by atoms with van der Waals surface area (Å²) in [6.07, 6.45) is 9.67. The molecule has 0 saturated heterocycles. The van der Waals surface area contributed by atoms with Crippen molar-refractivity contribution in [3.8, 4) is 0 Å². The molecule has 0 bridgehead atoms. The third-order valence-corrected chi connectivity index (χ3v) is 3.59. The van der Waals surface area contributed by atoms with Crippen LogP contribution in [0.1, 0.15) is 26.2 Å². The minimum absolute atomic E-state index is 0.649. The Morgan fingerprint density at radius 2 is 2.35 bits per heavy atom. The molecule has 1 aromatic rings. The van der Waals surface area contributed by atoms with E-state index in [1.165, 1.54) is 12.8 Å². The predicted molar refractivity (Wildman–Crippen MR) is 70.0 cm³/mol. The van der Waals surface area contributed by atoms with E-state index in [0.29, 0.717) is 6.04 Å². The third kappa shape index (κ3) is 4.13. The monoisotopic (exact) mass is 236 g/mol. The molecule has 1 aromatic heterocycles. The fourth-order valence-corrected chi connectivity index (χ4v) is 2.10. The quantitative estimate of drug-likeness (QED) is 0.692. The summed E-state index contributed by atoms with van der Waals surface area (Å²) in [7, 11) is 2.25. The molecule has 4 heteroatoms. The lowest BCUT2D eigenvalue weighted by Gasteiger charge is -2.24. The number of nitrogens with zero attached hydrogens (tertiary/aromatic N) is 3. The average Bonchev–Trinajstić information content (AvgIpc) is 3.05. The van der Waals surface area contributed by atoms with Gasteiger partial charge in [0.15, 0.2) is 0 Å². The van der Waals surface area contributed by atoms with Gasteiger partial charge in [-0.1, -0.05) is 0 Å². The molecule has 1 heterocycles. The highest BCUT2D eigenvalue weighted by molar-refractivity contribution is 4.85. The van der Waals surface area contributed by atoms with Crippen LogP contribution in [0.2, 0.25) is 0 Å². The maximum Gasteiger partial charge on any atom is 0.0945 e. The van der Waals surface area contributed by atoms with Gasteiger partial charge in [0.2, 0.25) is 0 Å². The van der Waals surface area contributed by atoms with E-state index < -0.39 is 0 Å². The molecule has 1 unspecified atom stereocenters. The molecule has 2 rings (SSSR count). The highest BCUT2D eigenvalue weighted by atomic mass is 15.2. The SMILES string of the molecule is CC(CNCCCn1ccnc1)N(C)C1CC1. The van der Waals surface area contributed by atoms with Crippen molar-refractivity contribution in [3.63, 3.8) is 0 Å². The van der Waals surface area contributed by atoms with Crippen LogP contribution in [0.25, 0.3) is 0 Å². The van der Waals surface area contributed by atoms with Gasteiger partial charge in [0, 0.05) is 37.6 Å². The fraction of sp³-hybridized carbons (Fsp3) is 0.769. The first-order valence-corrected chi connectivity index (χ1v) is 6.66. The number of hydrogen-bond acceptors (Lipinski definition) is 3. The minimum atomic E-state index is 0.649. The summed E-state index contributed by atoms with van der Waals surface area (Å²) in [5.41, 5.74) is 0. The molecule has 0 amide bonds. The third-order valence-electron chi connectivity index (χ3n) is 3.59. The maximum atomic E-state index is 4.03. The van der Waals surface area contributed by atoms with Gasteiger partial charge in [-0.05, 0) is 39.8 Å². The number of rotatable bonds is 8. The van der Waals surface area contributed by atoms with Crippen LogP contribution >= 0.6 is 0 Å². The number of imidazole rings is 1. The van der Waals surface area contributed by atoms with E-state index in [9.17, 15) is 0 Å². The topological polar surface area (TPSA) is 33.1 Å². The van der Waals surface area contributed by atoms with Gasteiger partial charge in [0.25, 0.3) is 0 Å². The van der Waals surface area contributed by atoms with Gasteiger partial charge >= 0.3 is 0 Å². The summed E-state index contributed by atoms with van der Waals surface area (Å²) in [5.74, 6) is 0. The summed E-state index contributed by atoms with van der Waals surface area (Å²) < 4.78 is 2.13. The summed E-state index contributed by atoms with van der Waals surface area (Å²) >= 11 is 0. The highest BCUT2D eigenvalue weighted by Gasteiger charge is 2.28. The summed E-state index contributed by atoms with van der Waals surface area (Å²) in [5, 5.41) is 3.54. The van der Waals surface area contributed by atoms with Crippen molar-refractivity contribution in [2.45, 2.75) is 44.8 Å². The predicted octanol–water partition coefficient (Wildman–Crippen LogP) is 1.35. The lowest BCUT2D eigenvalue weighted by Crippen LogP contribution is -2.39. The van der Waals surface area contributed by atoms with E-state index in [0.717, 1.165) is 32.1 Å². The fourth-order valence-electron chi connectivity index (χ4n) is 2.10. The van der Waals surface area contributed by atoms with Crippen LogP contribution in [0, 0.1) is 0 Å². The first kappa shape index (κ1) is 12.6. The Labute approximate surface area is 104 Å². The van der Waals surface area contributed by atoms with E-state index in [2.05, 4.69) is 33.7 Å². The Balaban J connectivity index is 1.50. The lowest BCUT2D eigenvalue weighted by molar-refractivity contribution is 0.241. The first-order chi connectivity index (χ1) is 8.27. The van der Waals surface area contributed by atoms with Gasteiger partial charge in [-0.25, -0.2) is 4.98 Å². The Hall–Kier alpha value is -0.870. The molecule has 0 aliphatic heterocycles. The van der Waals surface area contributed by atoms with Crippen molar-refractivity contribution in [1.82, 2.24) is 19.8 Å². The average molecular weight is 236 g/mol. The number of likely N-dealkylation sites (N-methyl/N-ethyl adjacent to an activating group) is 1. The van der Waals surface area contributed by atoms with Gasteiger partial charge in [0.05, 0.1) is 6.33 Å². The Morgan fingerprint density at radius 3 is 3.00 bits per heavy atom. The van der Waals surface area contributed by atoms with Gasteiger partial charge in [-0.15, -0.1) is 0 Å². The minimum Gasteiger partial charge on any atom is -0.337 e.